The molecule has 0 saturated carbocycles. The number of fused-ring (bicyclic) bond motifs is 1. The maximum absolute atomic E-state index is 2.75. The van der Waals surface area contributed by atoms with Gasteiger partial charge in [0.2, 0.25) is 0 Å². The van der Waals surface area contributed by atoms with Crippen molar-refractivity contribution in [2.24, 2.45) is 0 Å². The van der Waals surface area contributed by atoms with Crippen LogP contribution in [0.15, 0.2) is 48.5 Å². The molecule has 28 heavy (non-hydrogen) atoms. The summed E-state index contributed by atoms with van der Waals surface area (Å²) < 4.78 is 0. The Morgan fingerprint density at radius 2 is 1.64 bits per heavy atom. The first kappa shape index (κ1) is 19.5. The van der Waals surface area contributed by atoms with Gasteiger partial charge in [0.1, 0.15) is 0 Å². The third kappa shape index (κ3) is 4.42. The fourth-order valence-electron chi connectivity index (χ4n) is 4.94. The van der Waals surface area contributed by atoms with Crippen molar-refractivity contribution in [3.8, 4) is 0 Å². The second kappa shape index (κ2) is 9.11. The summed E-state index contributed by atoms with van der Waals surface area (Å²) >= 11 is 0. The second-order valence-electron chi connectivity index (χ2n) is 8.34. The van der Waals surface area contributed by atoms with Gasteiger partial charge in [-0.15, -0.1) is 0 Å². The van der Waals surface area contributed by atoms with Gasteiger partial charge in [-0.25, -0.2) is 0 Å². The van der Waals surface area contributed by atoms with Crippen molar-refractivity contribution in [2.45, 2.75) is 52.2 Å². The molecule has 150 valence electrons. The molecule has 0 aliphatic carbocycles. The number of likely N-dealkylation sites (tertiary alicyclic amines) is 1. The van der Waals surface area contributed by atoms with Gasteiger partial charge in [-0.3, -0.25) is 9.80 Å². The Morgan fingerprint density at radius 3 is 2.36 bits per heavy atom. The van der Waals surface area contributed by atoms with E-state index in [1.54, 1.807) is 11.1 Å². The molecule has 0 N–H and O–H groups in total. The normalized spacial score (nSPS) is 18.8. The van der Waals surface area contributed by atoms with Crippen LogP contribution in [0, 0.1) is 0 Å². The molecule has 3 heteroatoms. The fourth-order valence-corrected chi connectivity index (χ4v) is 4.94. The van der Waals surface area contributed by atoms with Gasteiger partial charge in [-0.1, -0.05) is 36.4 Å². The summed E-state index contributed by atoms with van der Waals surface area (Å²) in [5.41, 5.74) is 5.96. The van der Waals surface area contributed by atoms with Crippen molar-refractivity contribution in [3.05, 3.63) is 65.2 Å². The maximum atomic E-state index is 2.75. The minimum Gasteiger partial charge on any atom is -0.372 e. The molecule has 2 heterocycles. The minimum absolute atomic E-state index is 0.752. The highest BCUT2D eigenvalue weighted by atomic mass is 15.2. The first-order valence-corrected chi connectivity index (χ1v) is 11.1. The van der Waals surface area contributed by atoms with E-state index in [-0.39, 0.29) is 0 Å². The molecule has 0 spiro atoms. The van der Waals surface area contributed by atoms with Gasteiger partial charge in [0.15, 0.2) is 0 Å². The zero-order valence-corrected chi connectivity index (χ0v) is 17.6. The molecule has 0 radical (unpaired) electrons. The van der Waals surface area contributed by atoms with Gasteiger partial charge in [0.25, 0.3) is 0 Å². The summed E-state index contributed by atoms with van der Waals surface area (Å²) in [6.07, 6.45) is 3.81. The van der Waals surface area contributed by atoms with Crippen molar-refractivity contribution >= 4 is 5.69 Å². The molecule has 2 aromatic carbocycles. The standard InChI is InChI=1S/C25H35N3/c1-3-27(4-2)25-11-10-23-20-28(17-12-22(23)18-25)24-13-15-26(16-14-24)19-21-8-6-5-7-9-21/h5-11,18,24H,3-4,12-17,19-20H2,1-2H3. The van der Waals surface area contributed by atoms with Crippen LogP contribution in [0.25, 0.3) is 0 Å². The molecule has 3 nitrogen and oxygen atoms in total. The summed E-state index contributed by atoms with van der Waals surface area (Å²) in [5, 5.41) is 0. The van der Waals surface area contributed by atoms with Crippen molar-refractivity contribution in [1.82, 2.24) is 9.80 Å². The van der Waals surface area contributed by atoms with Gasteiger partial charge in [-0.2, -0.15) is 0 Å². The zero-order chi connectivity index (χ0) is 19.3. The number of benzene rings is 2. The molecule has 1 fully saturated rings. The van der Waals surface area contributed by atoms with Crippen LogP contribution in [-0.4, -0.2) is 48.6 Å². The Labute approximate surface area is 171 Å². The Bertz CT molecular complexity index is 746. The van der Waals surface area contributed by atoms with Crippen molar-refractivity contribution < 1.29 is 0 Å². The summed E-state index contributed by atoms with van der Waals surface area (Å²) in [6, 6.07) is 18.8. The lowest BCUT2D eigenvalue weighted by Crippen LogP contribution is -2.46. The van der Waals surface area contributed by atoms with Crippen LogP contribution in [0.3, 0.4) is 0 Å². The number of rotatable bonds is 6. The summed E-state index contributed by atoms with van der Waals surface area (Å²) in [6.45, 7) is 12.6. The number of piperidine rings is 1. The van der Waals surface area contributed by atoms with E-state index in [0.29, 0.717) is 0 Å². The van der Waals surface area contributed by atoms with E-state index in [2.05, 4.69) is 77.1 Å². The lowest BCUT2D eigenvalue weighted by atomic mass is 9.94. The van der Waals surface area contributed by atoms with Crippen LogP contribution in [-0.2, 0) is 19.5 Å². The van der Waals surface area contributed by atoms with Crippen molar-refractivity contribution in [1.29, 1.82) is 0 Å². The quantitative estimate of drug-likeness (QED) is 0.731. The molecule has 2 aliphatic heterocycles. The average Bonchev–Trinajstić information content (AvgIpc) is 2.75. The summed E-state index contributed by atoms with van der Waals surface area (Å²) in [4.78, 5) is 7.83. The Morgan fingerprint density at radius 1 is 0.893 bits per heavy atom. The largest absolute Gasteiger partial charge is 0.372 e. The third-order valence-electron chi connectivity index (χ3n) is 6.68. The average molecular weight is 378 g/mol. The zero-order valence-electron chi connectivity index (χ0n) is 17.6. The molecule has 0 amide bonds. The monoisotopic (exact) mass is 377 g/mol. The van der Waals surface area contributed by atoms with E-state index in [1.807, 2.05) is 0 Å². The number of hydrogen-bond acceptors (Lipinski definition) is 3. The van der Waals surface area contributed by atoms with Crippen LogP contribution in [0.4, 0.5) is 5.69 Å². The summed E-state index contributed by atoms with van der Waals surface area (Å²) in [5.74, 6) is 0. The molecule has 2 aromatic rings. The van der Waals surface area contributed by atoms with Crippen LogP contribution in [0.1, 0.15) is 43.4 Å². The number of hydrogen-bond donors (Lipinski definition) is 0. The van der Waals surface area contributed by atoms with Crippen LogP contribution >= 0.6 is 0 Å². The van der Waals surface area contributed by atoms with E-state index in [0.717, 1.165) is 32.2 Å². The van der Waals surface area contributed by atoms with E-state index >= 15 is 0 Å². The third-order valence-corrected chi connectivity index (χ3v) is 6.68. The van der Waals surface area contributed by atoms with E-state index in [4.69, 9.17) is 0 Å². The van der Waals surface area contributed by atoms with Gasteiger partial charge >= 0.3 is 0 Å². The molecule has 0 unspecified atom stereocenters. The first-order valence-electron chi connectivity index (χ1n) is 11.1. The Hall–Kier alpha value is -1.84. The second-order valence-corrected chi connectivity index (χ2v) is 8.34. The molecule has 0 bridgehead atoms. The highest BCUT2D eigenvalue weighted by Crippen LogP contribution is 2.28. The predicted molar refractivity (Wildman–Crippen MR) is 119 cm³/mol. The minimum atomic E-state index is 0.752. The number of nitrogens with zero attached hydrogens (tertiary/aromatic N) is 3. The summed E-state index contributed by atoms with van der Waals surface area (Å²) in [7, 11) is 0. The van der Waals surface area contributed by atoms with Gasteiger partial charge in [0, 0.05) is 44.5 Å². The lowest BCUT2D eigenvalue weighted by Gasteiger charge is -2.41. The highest BCUT2D eigenvalue weighted by Gasteiger charge is 2.27. The number of anilines is 1. The van der Waals surface area contributed by atoms with Gasteiger partial charge in [0.05, 0.1) is 0 Å². The van der Waals surface area contributed by atoms with Crippen LogP contribution in [0.2, 0.25) is 0 Å². The van der Waals surface area contributed by atoms with Gasteiger partial charge < -0.3 is 4.90 Å². The Kier molecular flexibility index (Phi) is 6.33. The molecule has 0 aromatic heterocycles. The highest BCUT2D eigenvalue weighted by molar-refractivity contribution is 5.51. The van der Waals surface area contributed by atoms with E-state index < -0.39 is 0 Å². The van der Waals surface area contributed by atoms with E-state index in [1.165, 1.54) is 50.1 Å². The molecule has 4 rings (SSSR count). The lowest BCUT2D eigenvalue weighted by molar-refractivity contribution is 0.0949. The van der Waals surface area contributed by atoms with Crippen molar-refractivity contribution in [2.75, 3.05) is 37.6 Å². The SMILES string of the molecule is CCN(CC)c1ccc2c(c1)CCN(C1CCN(Cc3ccccc3)CC1)C2. The first-order chi connectivity index (χ1) is 13.8. The molecular formula is C25H35N3. The molecule has 1 saturated heterocycles. The van der Waals surface area contributed by atoms with Crippen LogP contribution in [0.5, 0.6) is 0 Å². The molecule has 2 aliphatic rings. The molecule has 0 atom stereocenters. The fraction of sp³-hybridized carbons (Fsp3) is 0.520. The maximum Gasteiger partial charge on any atom is 0.0368 e. The predicted octanol–water partition coefficient (Wildman–Crippen LogP) is 4.56. The topological polar surface area (TPSA) is 9.72 Å². The Balaban J connectivity index is 1.33. The van der Waals surface area contributed by atoms with Crippen LogP contribution < -0.4 is 4.90 Å². The van der Waals surface area contributed by atoms with Gasteiger partial charge in [-0.05, 0) is 75.0 Å². The van der Waals surface area contributed by atoms with E-state index in [9.17, 15) is 0 Å². The smallest absolute Gasteiger partial charge is 0.0368 e. The van der Waals surface area contributed by atoms with Crippen molar-refractivity contribution in [3.63, 3.8) is 0 Å². The molecular weight excluding hydrogens is 342 g/mol.